The van der Waals surface area contributed by atoms with Crippen LogP contribution in [0.4, 0.5) is 0 Å². The maximum atomic E-state index is 12.4. The number of hydrogen-bond donors (Lipinski definition) is 1. The van der Waals surface area contributed by atoms with E-state index >= 15 is 0 Å². The molecule has 0 aliphatic rings. The van der Waals surface area contributed by atoms with E-state index in [9.17, 15) is 4.79 Å². The molecule has 0 saturated carbocycles. The molecule has 1 aromatic heterocycles. The lowest BCUT2D eigenvalue weighted by Crippen LogP contribution is -2.33. The lowest BCUT2D eigenvalue weighted by molar-refractivity contribution is 0.0939. The van der Waals surface area contributed by atoms with E-state index < -0.39 is 0 Å². The predicted molar refractivity (Wildman–Crippen MR) is 96.6 cm³/mol. The maximum absolute atomic E-state index is 12.4. The number of benzene rings is 2. The van der Waals surface area contributed by atoms with Crippen LogP contribution in [-0.2, 0) is 13.0 Å². The van der Waals surface area contributed by atoms with Crippen molar-refractivity contribution in [3.8, 4) is 5.75 Å². The van der Waals surface area contributed by atoms with E-state index in [4.69, 9.17) is 9.15 Å². The zero-order chi connectivity index (χ0) is 17.5. The van der Waals surface area contributed by atoms with Gasteiger partial charge in [-0.1, -0.05) is 36.4 Å². The minimum absolute atomic E-state index is 0.0208. The molecule has 0 spiro atoms. The maximum Gasteiger partial charge on any atom is 0.251 e. The molecule has 128 valence electrons. The topological polar surface area (TPSA) is 51.5 Å². The minimum Gasteiger partial charge on any atom is -0.489 e. The van der Waals surface area contributed by atoms with Gasteiger partial charge in [-0.15, -0.1) is 0 Å². The Labute approximate surface area is 147 Å². The molecule has 25 heavy (non-hydrogen) atoms. The molecule has 0 fully saturated rings. The zero-order valence-electron chi connectivity index (χ0n) is 14.1. The van der Waals surface area contributed by atoms with Crippen LogP contribution in [0.1, 0.15) is 28.6 Å². The average Bonchev–Trinajstić information content (AvgIpc) is 3.14. The summed E-state index contributed by atoms with van der Waals surface area (Å²) in [7, 11) is 0. The standard InChI is InChI=1S/C21H21NO3/c1-16(13-19-11-6-12-24-19)22-21(23)18-9-5-10-20(14-18)25-15-17-7-3-2-4-8-17/h2-12,14,16H,13,15H2,1H3,(H,22,23)/t16-/m1/s1. The second-order valence-corrected chi connectivity index (χ2v) is 5.96. The van der Waals surface area contributed by atoms with E-state index in [0.29, 0.717) is 24.3 Å². The summed E-state index contributed by atoms with van der Waals surface area (Å²) in [6.45, 7) is 2.43. The summed E-state index contributed by atoms with van der Waals surface area (Å²) in [6, 6.07) is 20.9. The summed E-state index contributed by atoms with van der Waals surface area (Å²) in [5.74, 6) is 1.41. The van der Waals surface area contributed by atoms with Crippen LogP contribution in [0.15, 0.2) is 77.4 Å². The second-order valence-electron chi connectivity index (χ2n) is 5.96. The number of amides is 1. The van der Waals surface area contributed by atoms with Gasteiger partial charge in [-0.25, -0.2) is 0 Å². The third kappa shape index (κ3) is 4.98. The lowest BCUT2D eigenvalue weighted by Gasteiger charge is -2.13. The Bertz CT molecular complexity index is 797. The fourth-order valence-corrected chi connectivity index (χ4v) is 2.56. The van der Waals surface area contributed by atoms with Gasteiger partial charge in [0.05, 0.1) is 6.26 Å². The lowest BCUT2D eigenvalue weighted by atomic mass is 10.1. The molecule has 1 amide bonds. The molecule has 4 nitrogen and oxygen atoms in total. The summed E-state index contributed by atoms with van der Waals surface area (Å²) in [6.07, 6.45) is 2.29. The van der Waals surface area contributed by atoms with E-state index in [1.807, 2.05) is 61.5 Å². The van der Waals surface area contributed by atoms with Crippen molar-refractivity contribution in [1.82, 2.24) is 5.32 Å². The van der Waals surface area contributed by atoms with Gasteiger partial charge in [0.15, 0.2) is 0 Å². The fourth-order valence-electron chi connectivity index (χ4n) is 2.56. The summed E-state index contributed by atoms with van der Waals surface area (Å²) in [4.78, 5) is 12.4. The van der Waals surface area contributed by atoms with Crippen LogP contribution in [0.3, 0.4) is 0 Å². The summed E-state index contributed by atoms with van der Waals surface area (Å²) >= 11 is 0. The molecule has 0 bridgehead atoms. The van der Waals surface area contributed by atoms with E-state index in [1.54, 1.807) is 18.4 Å². The molecule has 3 aromatic rings. The highest BCUT2D eigenvalue weighted by Crippen LogP contribution is 2.15. The van der Waals surface area contributed by atoms with Crippen molar-refractivity contribution >= 4 is 5.91 Å². The third-order valence-corrected chi connectivity index (χ3v) is 3.81. The normalized spacial score (nSPS) is 11.7. The van der Waals surface area contributed by atoms with Crippen LogP contribution in [-0.4, -0.2) is 11.9 Å². The SMILES string of the molecule is C[C@H](Cc1ccco1)NC(=O)c1cccc(OCc2ccccc2)c1. The van der Waals surface area contributed by atoms with Gasteiger partial charge in [0.2, 0.25) is 0 Å². The molecule has 2 aromatic carbocycles. The first-order valence-electron chi connectivity index (χ1n) is 8.31. The van der Waals surface area contributed by atoms with Crippen molar-refractivity contribution in [3.05, 3.63) is 89.9 Å². The zero-order valence-corrected chi connectivity index (χ0v) is 14.1. The van der Waals surface area contributed by atoms with Gasteiger partial charge in [0.25, 0.3) is 5.91 Å². The van der Waals surface area contributed by atoms with Crippen molar-refractivity contribution in [1.29, 1.82) is 0 Å². The molecule has 0 unspecified atom stereocenters. The molecule has 0 saturated heterocycles. The molecule has 1 N–H and O–H groups in total. The number of nitrogens with one attached hydrogen (secondary N) is 1. The van der Waals surface area contributed by atoms with E-state index in [-0.39, 0.29) is 11.9 Å². The van der Waals surface area contributed by atoms with Crippen molar-refractivity contribution in [2.45, 2.75) is 26.0 Å². The Balaban J connectivity index is 1.57. The Morgan fingerprint density at radius 3 is 2.68 bits per heavy atom. The summed E-state index contributed by atoms with van der Waals surface area (Å²) < 4.78 is 11.1. The summed E-state index contributed by atoms with van der Waals surface area (Å²) in [5, 5.41) is 2.98. The smallest absolute Gasteiger partial charge is 0.251 e. The van der Waals surface area contributed by atoms with Gasteiger partial charge in [-0.3, -0.25) is 4.79 Å². The molecule has 3 rings (SSSR count). The minimum atomic E-state index is -0.121. The molecule has 0 radical (unpaired) electrons. The highest BCUT2D eigenvalue weighted by molar-refractivity contribution is 5.94. The molecule has 0 aliphatic heterocycles. The van der Waals surface area contributed by atoms with Crippen LogP contribution in [0.2, 0.25) is 0 Å². The average molecular weight is 335 g/mol. The van der Waals surface area contributed by atoms with Crippen molar-refractivity contribution in [2.24, 2.45) is 0 Å². The van der Waals surface area contributed by atoms with Crippen molar-refractivity contribution < 1.29 is 13.9 Å². The Kier molecular flexibility index (Phi) is 5.52. The van der Waals surface area contributed by atoms with Crippen molar-refractivity contribution in [2.75, 3.05) is 0 Å². The Morgan fingerprint density at radius 1 is 1.08 bits per heavy atom. The van der Waals surface area contributed by atoms with Gasteiger partial charge in [0, 0.05) is 18.0 Å². The number of rotatable bonds is 7. The Morgan fingerprint density at radius 2 is 1.92 bits per heavy atom. The van der Waals surface area contributed by atoms with Gasteiger partial charge < -0.3 is 14.5 Å². The molecule has 1 atom stereocenters. The third-order valence-electron chi connectivity index (χ3n) is 3.81. The van der Waals surface area contributed by atoms with Gasteiger partial charge in [0.1, 0.15) is 18.1 Å². The van der Waals surface area contributed by atoms with Gasteiger partial charge in [-0.05, 0) is 42.8 Å². The van der Waals surface area contributed by atoms with Crippen LogP contribution in [0.25, 0.3) is 0 Å². The number of carbonyl (C=O) groups is 1. The highest BCUT2D eigenvalue weighted by atomic mass is 16.5. The molecule has 1 heterocycles. The molecular formula is C21H21NO3. The van der Waals surface area contributed by atoms with E-state index in [2.05, 4.69) is 5.32 Å². The number of furan rings is 1. The predicted octanol–water partition coefficient (Wildman–Crippen LogP) is 4.22. The second kappa shape index (κ2) is 8.20. The van der Waals surface area contributed by atoms with E-state index in [0.717, 1.165) is 11.3 Å². The number of carbonyl (C=O) groups excluding carboxylic acids is 1. The largest absolute Gasteiger partial charge is 0.489 e. The molecular weight excluding hydrogens is 314 g/mol. The molecule has 0 aliphatic carbocycles. The highest BCUT2D eigenvalue weighted by Gasteiger charge is 2.12. The van der Waals surface area contributed by atoms with Gasteiger partial charge >= 0.3 is 0 Å². The quantitative estimate of drug-likeness (QED) is 0.703. The van der Waals surface area contributed by atoms with E-state index in [1.165, 1.54) is 0 Å². The first-order valence-corrected chi connectivity index (χ1v) is 8.31. The molecule has 4 heteroatoms. The van der Waals surface area contributed by atoms with Gasteiger partial charge in [-0.2, -0.15) is 0 Å². The first-order chi connectivity index (χ1) is 12.2. The number of hydrogen-bond acceptors (Lipinski definition) is 3. The van der Waals surface area contributed by atoms with Crippen LogP contribution >= 0.6 is 0 Å². The summed E-state index contributed by atoms with van der Waals surface area (Å²) in [5.41, 5.74) is 1.67. The van der Waals surface area contributed by atoms with Crippen LogP contribution in [0.5, 0.6) is 5.75 Å². The number of ether oxygens (including phenoxy) is 1. The van der Waals surface area contributed by atoms with Crippen LogP contribution < -0.4 is 10.1 Å². The Hall–Kier alpha value is -3.01. The van der Waals surface area contributed by atoms with Crippen LogP contribution in [0, 0.1) is 0 Å². The first kappa shape index (κ1) is 16.8. The monoisotopic (exact) mass is 335 g/mol. The van der Waals surface area contributed by atoms with Crippen molar-refractivity contribution in [3.63, 3.8) is 0 Å². The fraction of sp³-hybridized carbons (Fsp3) is 0.190.